The highest BCUT2D eigenvalue weighted by atomic mass is 19.4. The van der Waals surface area contributed by atoms with Crippen LogP contribution in [0.25, 0.3) is 0 Å². The monoisotopic (exact) mass is 343 g/mol. The van der Waals surface area contributed by atoms with Crippen molar-refractivity contribution in [1.29, 1.82) is 0 Å². The summed E-state index contributed by atoms with van der Waals surface area (Å²) in [6.07, 6.45) is -1.18. The molecule has 1 aliphatic heterocycles. The zero-order chi connectivity index (χ0) is 18.2. The number of hydrogen-bond acceptors (Lipinski definition) is 3. The summed E-state index contributed by atoms with van der Waals surface area (Å²) in [5.74, 6) is -0.0881. The minimum atomic E-state index is -4.44. The number of likely N-dealkylation sites (tertiary alicyclic amines) is 1. The van der Waals surface area contributed by atoms with Gasteiger partial charge in [0.2, 0.25) is 0 Å². The van der Waals surface area contributed by atoms with E-state index in [9.17, 15) is 18.0 Å². The lowest BCUT2D eigenvalue weighted by Gasteiger charge is -2.40. The molecule has 7 heteroatoms. The number of carbonyl (C=O) groups is 1. The van der Waals surface area contributed by atoms with Crippen LogP contribution in [0, 0.1) is 0 Å². The van der Waals surface area contributed by atoms with E-state index >= 15 is 0 Å². The lowest BCUT2D eigenvalue weighted by molar-refractivity contribution is -0.217. The minimum Gasteiger partial charge on any atom is -0.324 e. The Morgan fingerprint density at radius 3 is 2.29 bits per heavy atom. The number of rotatable bonds is 3. The van der Waals surface area contributed by atoms with Gasteiger partial charge in [0, 0.05) is 24.4 Å². The molecule has 24 heavy (non-hydrogen) atoms. The molecule has 1 fully saturated rings. The molecule has 2 rings (SSSR count). The first kappa shape index (κ1) is 18.7. The Kier molecular flexibility index (Phi) is 4.93. The molecule has 2 heterocycles. The van der Waals surface area contributed by atoms with Crippen molar-refractivity contribution in [2.75, 3.05) is 6.54 Å². The molecule has 1 saturated heterocycles. The van der Waals surface area contributed by atoms with E-state index < -0.39 is 17.6 Å². The van der Waals surface area contributed by atoms with Gasteiger partial charge in [-0.25, -0.2) is 9.97 Å². The van der Waals surface area contributed by atoms with E-state index in [4.69, 9.17) is 0 Å². The van der Waals surface area contributed by atoms with Gasteiger partial charge in [0.15, 0.2) is 0 Å². The third-order valence-electron chi connectivity index (χ3n) is 4.49. The van der Waals surface area contributed by atoms with Crippen LogP contribution in [0.4, 0.5) is 13.2 Å². The molecule has 0 aromatic carbocycles. The molecule has 1 aliphatic rings. The number of nitrogens with zero attached hydrogens (tertiary/aromatic N) is 3. The third-order valence-corrected chi connectivity index (χ3v) is 4.49. The fraction of sp³-hybridized carbons (Fsp3) is 0.706. The SMILES string of the molecule is CCC[C@@]1(C(F)(F)F)CCCN1C(=O)c1cnc(C(C)(C)C)nc1. The summed E-state index contributed by atoms with van der Waals surface area (Å²) < 4.78 is 41.2. The van der Waals surface area contributed by atoms with Crippen LogP contribution >= 0.6 is 0 Å². The van der Waals surface area contributed by atoms with Crippen molar-refractivity contribution in [2.45, 2.75) is 70.5 Å². The van der Waals surface area contributed by atoms with Gasteiger partial charge in [0.05, 0.1) is 5.56 Å². The molecule has 0 radical (unpaired) electrons. The lowest BCUT2D eigenvalue weighted by Crippen LogP contribution is -2.57. The van der Waals surface area contributed by atoms with Crippen molar-refractivity contribution in [2.24, 2.45) is 0 Å². The van der Waals surface area contributed by atoms with Gasteiger partial charge < -0.3 is 4.90 Å². The van der Waals surface area contributed by atoms with Crippen molar-refractivity contribution in [3.63, 3.8) is 0 Å². The number of alkyl halides is 3. The van der Waals surface area contributed by atoms with Crippen molar-refractivity contribution >= 4 is 5.91 Å². The Hall–Kier alpha value is -1.66. The summed E-state index contributed by atoms with van der Waals surface area (Å²) in [4.78, 5) is 22.0. The molecule has 134 valence electrons. The van der Waals surface area contributed by atoms with Gasteiger partial charge >= 0.3 is 6.18 Å². The summed E-state index contributed by atoms with van der Waals surface area (Å²) in [5, 5.41) is 0. The first-order valence-electron chi connectivity index (χ1n) is 8.24. The molecule has 1 amide bonds. The fourth-order valence-electron chi connectivity index (χ4n) is 3.27. The lowest BCUT2D eigenvalue weighted by atomic mass is 9.89. The first-order chi connectivity index (χ1) is 11.0. The molecule has 0 N–H and O–H groups in total. The van der Waals surface area contributed by atoms with Gasteiger partial charge in [-0.15, -0.1) is 0 Å². The van der Waals surface area contributed by atoms with Gasteiger partial charge in [0.25, 0.3) is 5.91 Å². The highest BCUT2D eigenvalue weighted by Gasteiger charge is 2.61. The third kappa shape index (κ3) is 3.26. The number of amides is 1. The van der Waals surface area contributed by atoms with Crippen LogP contribution in [-0.4, -0.2) is 39.0 Å². The molecule has 1 aromatic rings. The van der Waals surface area contributed by atoms with Gasteiger partial charge in [-0.3, -0.25) is 4.79 Å². The predicted octanol–water partition coefficient (Wildman–Crippen LogP) is 4.11. The van der Waals surface area contributed by atoms with E-state index in [1.807, 2.05) is 20.8 Å². The average molecular weight is 343 g/mol. The van der Waals surface area contributed by atoms with E-state index in [0.29, 0.717) is 18.7 Å². The summed E-state index contributed by atoms with van der Waals surface area (Å²) in [6, 6.07) is 0. The van der Waals surface area contributed by atoms with Crippen LogP contribution in [0.3, 0.4) is 0 Å². The molecule has 0 unspecified atom stereocenters. The van der Waals surface area contributed by atoms with Crippen LogP contribution in [0.2, 0.25) is 0 Å². The van der Waals surface area contributed by atoms with Crippen molar-refractivity contribution in [3.05, 3.63) is 23.8 Å². The number of hydrogen-bond donors (Lipinski definition) is 0. The number of carbonyl (C=O) groups excluding carboxylic acids is 1. The van der Waals surface area contributed by atoms with Gasteiger partial charge in [-0.2, -0.15) is 13.2 Å². The Morgan fingerprint density at radius 1 is 1.25 bits per heavy atom. The van der Waals surface area contributed by atoms with E-state index in [0.717, 1.165) is 4.90 Å². The second-order valence-corrected chi connectivity index (χ2v) is 7.39. The Balaban J connectivity index is 2.34. The Labute approximate surface area is 140 Å². The van der Waals surface area contributed by atoms with Crippen LogP contribution in [0.15, 0.2) is 12.4 Å². The quantitative estimate of drug-likeness (QED) is 0.830. The van der Waals surface area contributed by atoms with Gasteiger partial charge in [0.1, 0.15) is 11.4 Å². The second-order valence-electron chi connectivity index (χ2n) is 7.39. The maximum Gasteiger partial charge on any atom is 0.411 e. The highest BCUT2D eigenvalue weighted by Crippen LogP contribution is 2.46. The molecule has 0 saturated carbocycles. The van der Waals surface area contributed by atoms with E-state index in [1.54, 1.807) is 6.92 Å². The molecule has 1 atom stereocenters. The normalized spacial score (nSPS) is 22.0. The smallest absolute Gasteiger partial charge is 0.324 e. The fourth-order valence-corrected chi connectivity index (χ4v) is 3.27. The van der Waals surface area contributed by atoms with Crippen LogP contribution in [0.1, 0.15) is 69.6 Å². The Morgan fingerprint density at radius 2 is 1.83 bits per heavy atom. The molecule has 0 aliphatic carbocycles. The molecule has 0 spiro atoms. The minimum absolute atomic E-state index is 0.0446. The predicted molar refractivity (Wildman–Crippen MR) is 84.7 cm³/mol. The van der Waals surface area contributed by atoms with Crippen molar-refractivity contribution in [1.82, 2.24) is 14.9 Å². The summed E-state index contributed by atoms with van der Waals surface area (Å²) in [6.45, 7) is 7.61. The van der Waals surface area contributed by atoms with Gasteiger partial charge in [-0.05, 0) is 19.3 Å². The zero-order valence-corrected chi connectivity index (χ0v) is 14.6. The second kappa shape index (κ2) is 6.33. The molecular weight excluding hydrogens is 319 g/mol. The average Bonchev–Trinajstić information content (AvgIpc) is 2.91. The number of halogens is 3. The van der Waals surface area contributed by atoms with Crippen LogP contribution in [0.5, 0.6) is 0 Å². The number of aromatic nitrogens is 2. The summed E-state index contributed by atoms with van der Waals surface area (Å²) in [5.41, 5.74) is -2.25. The topological polar surface area (TPSA) is 46.1 Å². The summed E-state index contributed by atoms with van der Waals surface area (Å²) >= 11 is 0. The maximum absolute atomic E-state index is 13.7. The van der Waals surface area contributed by atoms with E-state index in [1.165, 1.54) is 12.4 Å². The zero-order valence-electron chi connectivity index (χ0n) is 14.6. The molecule has 1 aromatic heterocycles. The van der Waals surface area contributed by atoms with Crippen LogP contribution < -0.4 is 0 Å². The maximum atomic E-state index is 13.7. The summed E-state index contributed by atoms with van der Waals surface area (Å²) in [7, 11) is 0. The van der Waals surface area contributed by atoms with Crippen molar-refractivity contribution in [3.8, 4) is 0 Å². The molecule has 0 bridgehead atoms. The molecule has 4 nitrogen and oxygen atoms in total. The van der Waals surface area contributed by atoms with Crippen molar-refractivity contribution < 1.29 is 18.0 Å². The largest absolute Gasteiger partial charge is 0.411 e. The Bertz CT molecular complexity index is 593. The molecular formula is C17H24F3N3O. The van der Waals surface area contributed by atoms with E-state index in [2.05, 4.69) is 9.97 Å². The van der Waals surface area contributed by atoms with Gasteiger partial charge in [-0.1, -0.05) is 34.1 Å². The first-order valence-corrected chi connectivity index (χ1v) is 8.24. The van der Waals surface area contributed by atoms with E-state index in [-0.39, 0.29) is 30.4 Å². The van der Waals surface area contributed by atoms with Crippen LogP contribution in [-0.2, 0) is 5.41 Å². The standard InChI is InChI=1S/C17H24F3N3O/c1-5-7-16(17(18,19)20)8-6-9-23(16)13(24)12-10-21-14(22-11-12)15(2,3)4/h10-11H,5-9H2,1-4H3/t16-/m0/s1. The highest BCUT2D eigenvalue weighted by molar-refractivity contribution is 5.94.